The summed E-state index contributed by atoms with van der Waals surface area (Å²) in [5, 5.41) is 0. The number of hydrogen-bond acceptors (Lipinski definition) is 21. The molecule has 21 heteroatoms. The van der Waals surface area contributed by atoms with Crippen LogP contribution in [-0.4, -0.2) is 192 Å². The molecule has 5 aliphatic rings. The fourth-order valence-electron chi connectivity index (χ4n) is 15.7. The van der Waals surface area contributed by atoms with Crippen LogP contribution in [0.2, 0.25) is 0 Å². The maximum atomic E-state index is 11.7. The first-order valence-corrected chi connectivity index (χ1v) is 52.4. The molecular formula is C103H194O21. The van der Waals surface area contributed by atoms with Crippen molar-refractivity contribution in [3.05, 3.63) is 0 Å². The summed E-state index contributed by atoms with van der Waals surface area (Å²) in [5.41, 5.74) is 0. The Hall–Kier alpha value is -3.54. The summed E-state index contributed by atoms with van der Waals surface area (Å²) in [4.78, 5) is 66.9. The van der Waals surface area contributed by atoms with E-state index in [1.54, 1.807) is 0 Å². The van der Waals surface area contributed by atoms with Gasteiger partial charge in [-0.1, -0.05) is 433 Å². The van der Waals surface area contributed by atoms with Crippen LogP contribution in [0.3, 0.4) is 0 Å². The zero-order chi connectivity index (χ0) is 89.5. The van der Waals surface area contributed by atoms with Crippen LogP contribution < -0.4 is 0 Å². The van der Waals surface area contributed by atoms with Crippen molar-refractivity contribution in [2.45, 2.75) is 502 Å². The molecule has 5 unspecified atom stereocenters. The van der Waals surface area contributed by atoms with Crippen LogP contribution in [0.25, 0.3) is 0 Å². The van der Waals surface area contributed by atoms with Crippen molar-refractivity contribution in [2.75, 3.05) is 126 Å². The van der Waals surface area contributed by atoms with Gasteiger partial charge in [0, 0.05) is 32.8 Å². The van der Waals surface area contributed by atoms with Crippen molar-refractivity contribution in [3.63, 3.8) is 0 Å². The lowest BCUT2D eigenvalue weighted by Crippen LogP contribution is -2.36. The third-order valence-electron chi connectivity index (χ3n) is 23.3. The highest BCUT2D eigenvalue weighted by atomic mass is 16.7. The molecule has 0 N–H and O–H groups in total. The zero-order valence-electron chi connectivity index (χ0n) is 81.0. The number of hydrogen-bond donors (Lipinski definition) is 0. The Labute approximate surface area is 759 Å². The van der Waals surface area contributed by atoms with Crippen LogP contribution in [0.5, 0.6) is 0 Å². The minimum Gasteiger partial charge on any atom is -0.462 e. The summed E-state index contributed by atoms with van der Waals surface area (Å²) < 4.78 is 78.4. The molecule has 0 aliphatic carbocycles. The Kier molecular flexibility index (Phi) is 92.7. The van der Waals surface area contributed by atoms with Gasteiger partial charge in [0.25, 0.3) is 0 Å². The van der Waals surface area contributed by atoms with E-state index in [9.17, 15) is 28.8 Å². The van der Waals surface area contributed by atoms with E-state index in [1.807, 2.05) is 0 Å². The van der Waals surface area contributed by atoms with Crippen molar-refractivity contribution < 1.29 is 99.8 Å². The lowest BCUT2D eigenvalue weighted by Gasteiger charge is -2.22. The smallest absolute Gasteiger partial charge is 0.332 e. The van der Waals surface area contributed by atoms with Gasteiger partial charge in [0.05, 0.1) is 59.5 Å². The van der Waals surface area contributed by atoms with Gasteiger partial charge in [0.1, 0.15) is 64.1 Å². The number of cyclic esters (lactones) is 5. The number of carbonyl (C=O) groups excluding carboxylic acids is 6. The van der Waals surface area contributed by atoms with Gasteiger partial charge < -0.3 is 71.1 Å². The molecule has 0 bridgehead atoms. The summed E-state index contributed by atoms with van der Waals surface area (Å²) in [6.45, 7) is 18.8. The Bertz CT molecular complexity index is 2280. The summed E-state index contributed by atoms with van der Waals surface area (Å²) in [7, 11) is 0. The highest BCUT2D eigenvalue weighted by molar-refractivity contribution is 5.73. The molecule has 0 amide bonds. The summed E-state index contributed by atoms with van der Waals surface area (Å²) in [5.74, 6) is -1.73. The van der Waals surface area contributed by atoms with Crippen LogP contribution in [0.1, 0.15) is 471 Å². The molecule has 0 radical (unpaired) electrons. The summed E-state index contributed by atoms with van der Waals surface area (Å²) in [6, 6.07) is 0. The molecule has 5 heterocycles. The number of unbranched alkanes of at least 4 members (excludes halogenated alkanes) is 62. The topological polar surface area (TPSA) is 241 Å². The minimum absolute atomic E-state index is 0.0102. The fraction of sp³-hybridized carbons (Fsp3) is 0.942. The van der Waals surface area contributed by atoms with Gasteiger partial charge >= 0.3 is 35.8 Å². The molecule has 0 aromatic heterocycles. The third kappa shape index (κ3) is 87.8. The first kappa shape index (κ1) is 118. The zero-order valence-corrected chi connectivity index (χ0v) is 81.0. The Morgan fingerprint density at radius 2 is 0.355 bits per heavy atom. The maximum absolute atomic E-state index is 11.7. The highest BCUT2D eigenvalue weighted by Gasteiger charge is 2.26. The van der Waals surface area contributed by atoms with E-state index in [0.717, 1.165) is 65.0 Å². The molecule has 21 nitrogen and oxygen atoms in total. The SMILES string of the molecule is CCCCCCCCCCCCCCCCCCCC(=O)OCC1COCC(=O)O1.CCCCCCCCCCCCCCCCOCC1COCC(=O)O1.CCCCCCCCCCCCCCCOCC1COCC(=O)O1.CCCCCCCCCCCCCCOCC1COCC(=O)O1.CCCCCCCCCCCCCOCC1COCC(=O)O1. The van der Waals surface area contributed by atoms with Crippen LogP contribution in [-0.2, 0) is 99.8 Å². The minimum atomic E-state index is -0.453. The van der Waals surface area contributed by atoms with Crippen molar-refractivity contribution in [3.8, 4) is 0 Å². The molecule has 5 rings (SSSR count). The standard InChI is InChI=1S/C25H46O5.C21H40O4.C20H38O4.C19H36O4.C18H34O4/c1-2-3-4-5-6-7-8-9-10-11-12-13-14-15-16-17-18-19-24(26)29-21-23-20-28-22-25(27)30-23;1-2-3-4-5-6-7-8-9-10-11-12-13-14-15-16-23-17-20-18-24-19-21(22)25-20;1-2-3-4-5-6-7-8-9-10-11-12-13-14-15-22-16-19-17-23-18-20(21)24-19;1-2-3-4-5-6-7-8-9-10-11-12-13-14-21-15-18-16-22-17-19(20)23-18;1-2-3-4-5-6-7-8-9-10-11-12-13-20-14-17-15-21-16-18(19)22-17/h23H,2-22H2,1H3;20H,2-19H2,1H3;19H,2-18H2,1H3;18H,2-17H2,1H3;17H,2-16H2,1H3. The van der Waals surface area contributed by atoms with Crippen LogP contribution in [0, 0.1) is 0 Å². The monoisotopic (exact) mass is 1770 g/mol. The lowest BCUT2D eigenvalue weighted by molar-refractivity contribution is -0.178. The fourth-order valence-corrected chi connectivity index (χ4v) is 15.7. The van der Waals surface area contributed by atoms with Gasteiger partial charge in [-0.25, -0.2) is 24.0 Å². The number of ether oxygens (including phenoxy) is 15. The number of esters is 6. The average molecular weight is 1770 g/mol. The Morgan fingerprint density at radius 1 is 0.210 bits per heavy atom. The second-order valence-corrected chi connectivity index (χ2v) is 35.8. The molecule has 124 heavy (non-hydrogen) atoms. The molecule has 5 aliphatic heterocycles. The third-order valence-corrected chi connectivity index (χ3v) is 23.3. The maximum Gasteiger partial charge on any atom is 0.332 e. The number of carbonyl (C=O) groups is 6. The predicted molar refractivity (Wildman–Crippen MR) is 500 cm³/mol. The number of rotatable bonds is 82. The van der Waals surface area contributed by atoms with E-state index < -0.39 is 12.1 Å². The largest absolute Gasteiger partial charge is 0.462 e. The quantitative estimate of drug-likeness (QED) is 0.0312. The molecule has 0 aromatic rings. The molecule has 0 aromatic carbocycles. The first-order chi connectivity index (χ1) is 61.0. The lowest BCUT2D eigenvalue weighted by atomic mass is 10.0. The first-order valence-electron chi connectivity index (χ1n) is 52.4. The second kappa shape index (κ2) is 97.0. The van der Waals surface area contributed by atoms with Crippen molar-refractivity contribution in [1.29, 1.82) is 0 Å². The Balaban J connectivity index is 0.000000778. The molecule has 5 atom stereocenters. The van der Waals surface area contributed by atoms with Crippen molar-refractivity contribution >= 4 is 35.8 Å². The van der Waals surface area contributed by atoms with E-state index in [0.29, 0.717) is 65.9 Å². The van der Waals surface area contributed by atoms with E-state index in [2.05, 4.69) is 34.6 Å². The molecule has 5 saturated heterocycles. The van der Waals surface area contributed by atoms with Crippen molar-refractivity contribution in [1.82, 2.24) is 0 Å². The second-order valence-electron chi connectivity index (χ2n) is 35.8. The predicted octanol–water partition coefficient (Wildman–Crippen LogP) is 25.9. The Morgan fingerprint density at radius 3 is 0.516 bits per heavy atom. The molecule has 5 fully saturated rings. The summed E-state index contributed by atoms with van der Waals surface area (Å²) in [6.07, 6.45) is 89.3. The van der Waals surface area contributed by atoms with E-state index >= 15 is 0 Å². The van der Waals surface area contributed by atoms with E-state index in [-0.39, 0.29) is 93.9 Å². The van der Waals surface area contributed by atoms with Gasteiger partial charge in [0.15, 0.2) is 6.10 Å². The van der Waals surface area contributed by atoms with Crippen LogP contribution >= 0.6 is 0 Å². The molecule has 0 saturated carbocycles. The summed E-state index contributed by atoms with van der Waals surface area (Å²) >= 11 is 0. The van der Waals surface area contributed by atoms with Gasteiger partial charge in [-0.2, -0.15) is 0 Å². The van der Waals surface area contributed by atoms with Gasteiger partial charge in [-0.05, 0) is 32.1 Å². The molecular weight excluding hydrogens is 1570 g/mol. The normalized spacial score (nSPS) is 17.6. The van der Waals surface area contributed by atoms with Gasteiger partial charge in [0.2, 0.25) is 0 Å². The molecule has 0 spiro atoms. The highest BCUT2D eigenvalue weighted by Crippen LogP contribution is 2.21. The van der Waals surface area contributed by atoms with E-state index in [4.69, 9.17) is 71.1 Å². The van der Waals surface area contributed by atoms with Gasteiger partial charge in [-0.3, -0.25) is 4.79 Å². The average Bonchev–Trinajstić information content (AvgIpc) is 0.935. The van der Waals surface area contributed by atoms with Crippen LogP contribution in [0.4, 0.5) is 0 Å². The van der Waals surface area contributed by atoms with E-state index in [1.165, 1.54) is 392 Å². The van der Waals surface area contributed by atoms with Gasteiger partial charge in [-0.15, -0.1) is 0 Å². The van der Waals surface area contributed by atoms with Crippen LogP contribution in [0.15, 0.2) is 0 Å². The molecule has 732 valence electrons. The van der Waals surface area contributed by atoms with Crippen molar-refractivity contribution in [2.24, 2.45) is 0 Å².